The van der Waals surface area contributed by atoms with Crippen molar-refractivity contribution in [3.05, 3.63) is 29.6 Å². The fourth-order valence-electron chi connectivity index (χ4n) is 1.39. The van der Waals surface area contributed by atoms with Gasteiger partial charge in [-0.05, 0) is 24.6 Å². The Morgan fingerprint density at radius 1 is 1.28 bits per heavy atom. The Hall–Kier alpha value is -1.46. The Morgan fingerprint density at radius 2 is 2.06 bits per heavy atom. The van der Waals surface area contributed by atoms with Crippen LogP contribution in [0, 0.1) is 5.82 Å². The summed E-state index contributed by atoms with van der Waals surface area (Å²) in [6.07, 6.45) is 0.723. The quantitative estimate of drug-likeness (QED) is 0.527. The smallest absolute Gasteiger partial charge is 0.188 e. The van der Waals surface area contributed by atoms with Crippen molar-refractivity contribution in [2.45, 2.75) is 6.42 Å². The lowest BCUT2D eigenvalue weighted by Gasteiger charge is -2.05. The molecule has 0 N–H and O–H groups in total. The van der Waals surface area contributed by atoms with E-state index in [1.54, 1.807) is 7.11 Å². The second-order valence-electron chi connectivity index (χ2n) is 3.67. The van der Waals surface area contributed by atoms with E-state index in [1.807, 2.05) is 0 Å². The number of carbonyl (C=O) groups is 1. The molecule has 0 aliphatic heterocycles. The van der Waals surface area contributed by atoms with Gasteiger partial charge in [0.1, 0.15) is 6.61 Å². The molecule has 0 aliphatic carbocycles. The standard InChI is InChI=1S/C13H17FO4/c1-16-6-3-7-18-9-12(15)10-4-5-13(17-2)11(14)8-10/h4-5,8H,3,6-7,9H2,1-2H3. The Balaban J connectivity index is 2.44. The molecule has 0 saturated carbocycles. The Kier molecular flexibility index (Phi) is 6.32. The minimum absolute atomic E-state index is 0.0600. The molecule has 100 valence electrons. The summed E-state index contributed by atoms with van der Waals surface area (Å²) < 4.78 is 28.2. The van der Waals surface area contributed by atoms with Crippen molar-refractivity contribution in [1.29, 1.82) is 0 Å². The Morgan fingerprint density at radius 3 is 2.67 bits per heavy atom. The summed E-state index contributed by atoms with van der Waals surface area (Å²) in [6, 6.07) is 4.09. The van der Waals surface area contributed by atoms with Crippen LogP contribution in [-0.2, 0) is 9.47 Å². The Labute approximate surface area is 106 Å². The van der Waals surface area contributed by atoms with Crippen LogP contribution >= 0.6 is 0 Å². The maximum Gasteiger partial charge on any atom is 0.188 e. The largest absolute Gasteiger partial charge is 0.494 e. The first-order valence-electron chi connectivity index (χ1n) is 5.62. The summed E-state index contributed by atoms with van der Waals surface area (Å²) in [5.74, 6) is -0.690. The summed E-state index contributed by atoms with van der Waals surface area (Å²) in [5, 5.41) is 0. The van der Waals surface area contributed by atoms with Crippen molar-refractivity contribution in [1.82, 2.24) is 0 Å². The van der Waals surface area contributed by atoms with E-state index < -0.39 is 5.82 Å². The normalized spacial score (nSPS) is 10.4. The van der Waals surface area contributed by atoms with Gasteiger partial charge in [0, 0.05) is 25.9 Å². The van der Waals surface area contributed by atoms with Crippen molar-refractivity contribution in [2.24, 2.45) is 0 Å². The van der Waals surface area contributed by atoms with Gasteiger partial charge >= 0.3 is 0 Å². The molecule has 0 saturated heterocycles. The third kappa shape index (κ3) is 4.43. The zero-order valence-electron chi connectivity index (χ0n) is 10.6. The highest BCUT2D eigenvalue weighted by molar-refractivity contribution is 5.97. The van der Waals surface area contributed by atoms with Crippen molar-refractivity contribution in [3.63, 3.8) is 0 Å². The van der Waals surface area contributed by atoms with Crippen molar-refractivity contribution in [3.8, 4) is 5.75 Å². The van der Waals surface area contributed by atoms with E-state index in [9.17, 15) is 9.18 Å². The van der Waals surface area contributed by atoms with Crippen LogP contribution in [0.5, 0.6) is 5.75 Å². The second kappa shape index (κ2) is 7.79. The van der Waals surface area contributed by atoms with Gasteiger partial charge in [-0.15, -0.1) is 0 Å². The van der Waals surface area contributed by atoms with Gasteiger partial charge in [0.2, 0.25) is 0 Å². The molecular weight excluding hydrogens is 239 g/mol. The Bertz CT molecular complexity index is 393. The first kappa shape index (κ1) is 14.6. The zero-order valence-corrected chi connectivity index (χ0v) is 10.6. The van der Waals surface area contributed by atoms with E-state index >= 15 is 0 Å². The number of ether oxygens (including phenoxy) is 3. The highest BCUT2D eigenvalue weighted by atomic mass is 19.1. The molecule has 0 fully saturated rings. The summed E-state index contributed by atoms with van der Waals surface area (Å²) >= 11 is 0. The van der Waals surface area contributed by atoms with Gasteiger partial charge in [-0.25, -0.2) is 4.39 Å². The lowest BCUT2D eigenvalue weighted by molar-refractivity contribution is 0.0704. The molecule has 0 atom stereocenters. The summed E-state index contributed by atoms with van der Waals surface area (Å²) in [6.45, 7) is 0.971. The van der Waals surface area contributed by atoms with E-state index in [1.165, 1.54) is 19.2 Å². The number of hydrogen-bond donors (Lipinski definition) is 0. The van der Waals surface area contributed by atoms with Crippen LogP contribution in [0.4, 0.5) is 4.39 Å². The lowest BCUT2D eigenvalue weighted by atomic mass is 10.1. The van der Waals surface area contributed by atoms with Crippen LogP contribution in [0.15, 0.2) is 18.2 Å². The van der Waals surface area contributed by atoms with Gasteiger partial charge in [0.05, 0.1) is 7.11 Å². The van der Waals surface area contributed by atoms with Crippen LogP contribution in [0.1, 0.15) is 16.8 Å². The van der Waals surface area contributed by atoms with Crippen molar-refractivity contribution < 1.29 is 23.4 Å². The molecule has 1 aromatic rings. The summed E-state index contributed by atoms with van der Waals surface area (Å²) in [5.41, 5.74) is 0.278. The van der Waals surface area contributed by atoms with E-state index in [-0.39, 0.29) is 23.7 Å². The number of rotatable bonds is 8. The van der Waals surface area contributed by atoms with Gasteiger partial charge in [-0.1, -0.05) is 0 Å². The van der Waals surface area contributed by atoms with Crippen LogP contribution in [-0.4, -0.2) is 39.8 Å². The van der Waals surface area contributed by atoms with E-state index in [4.69, 9.17) is 14.2 Å². The molecular formula is C13H17FO4. The SMILES string of the molecule is COCCCOCC(=O)c1ccc(OC)c(F)c1. The third-order valence-corrected chi connectivity index (χ3v) is 2.34. The van der Waals surface area contributed by atoms with Gasteiger partial charge in [0.25, 0.3) is 0 Å². The summed E-state index contributed by atoms with van der Waals surface area (Å²) in [7, 11) is 2.98. The molecule has 0 aromatic heterocycles. The molecule has 0 spiro atoms. The third-order valence-electron chi connectivity index (χ3n) is 2.34. The second-order valence-corrected chi connectivity index (χ2v) is 3.67. The van der Waals surface area contributed by atoms with E-state index in [2.05, 4.69) is 0 Å². The minimum Gasteiger partial charge on any atom is -0.494 e. The van der Waals surface area contributed by atoms with E-state index in [0.29, 0.717) is 13.2 Å². The molecule has 0 radical (unpaired) electrons. The number of Topliss-reactive ketones (excluding diaryl/α,β-unsaturated/α-hetero) is 1. The van der Waals surface area contributed by atoms with Gasteiger partial charge < -0.3 is 14.2 Å². The van der Waals surface area contributed by atoms with Crippen molar-refractivity contribution in [2.75, 3.05) is 34.0 Å². The monoisotopic (exact) mass is 256 g/mol. The molecule has 0 bridgehead atoms. The first-order valence-corrected chi connectivity index (χ1v) is 5.62. The molecule has 5 heteroatoms. The highest BCUT2D eigenvalue weighted by Gasteiger charge is 2.10. The van der Waals surface area contributed by atoms with Gasteiger partial charge in [-0.2, -0.15) is 0 Å². The maximum absolute atomic E-state index is 13.4. The molecule has 18 heavy (non-hydrogen) atoms. The van der Waals surface area contributed by atoms with E-state index in [0.717, 1.165) is 12.5 Å². The molecule has 1 rings (SSSR count). The number of ketones is 1. The minimum atomic E-state index is -0.553. The van der Waals surface area contributed by atoms with Crippen LogP contribution in [0.3, 0.4) is 0 Å². The average Bonchev–Trinajstić information content (AvgIpc) is 2.38. The number of hydrogen-bond acceptors (Lipinski definition) is 4. The highest BCUT2D eigenvalue weighted by Crippen LogP contribution is 2.17. The molecule has 0 heterocycles. The number of methoxy groups -OCH3 is 2. The number of carbonyl (C=O) groups excluding carboxylic acids is 1. The zero-order chi connectivity index (χ0) is 13.4. The topological polar surface area (TPSA) is 44.8 Å². The average molecular weight is 256 g/mol. The predicted octanol–water partition coefficient (Wildman–Crippen LogP) is 2.07. The predicted molar refractivity (Wildman–Crippen MR) is 64.6 cm³/mol. The fraction of sp³-hybridized carbons (Fsp3) is 0.462. The maximum atomic E-state index is 13.4. The van der Waals surface area contributed by atoms with Crippen LogP contribution < -0.4 is 4.74 Å². The number of benzene rings is 1. The van der Waals surface area contributed by atoms with Crippen LogP contribution in [0.2, 0.25) is 0 Å². The molecule has 0 aliphatic rings. The van der Waals surface area contributed by atoms with Crippen LogP contribution in [0.25, 0.3) is 0 Å². The van der Waals surface area contributed by atoms with Gasteiger partial charge in [-0.3, -0.25) is 4.79 Å². The van der Waals surface area contributed by atoms with Crippen molar-refractivity contribution >= 4 is 5.78 Å². The first-order chi connectivity index (χ1) is 8.69. The molecule has 4 nitrogen and oxygen atoms in total. The number of halogens is 1. The molecule has 0 amide bonds. The summed E-state index contributed by atoms with van der Waals surface area (Å²) in [4.78, 5) is 11.7. The molecule has 1 aromatic carbocycles. The van der Waals surface area contributed by atoms with Gasteiger partial charge in [0.15, 0.2) is 17.3 Å². The lowest BCUT2D eigenvalue weighted by Crippen LogP contribution is -2.11. The fourth-order valence-corrected chi connectivity index (χ4v) is 1.39. The molecule has 0 unspecified atom stereocenters.